The Balaban J connectivity index is 2.13. The summed E-state index contributed by atoms with van der Waals surface area (Å²) in [5.74, 6) is -0.401. The van der Waals surface area contributed by atoms with E-state index >= 15 is 0 Å². The molecule has 0 saturated carbocycles. The number of sulfonamides is 1. The van der Waals surface area contributed by atoms with E-state index in [0.29, 0.717) is 27.0 Å². The average Bonchev–Trinajstić information content (AvgIpc) is 2.51. The van der Waals surface area contributed by atoms with Crippen molar-refractivity contribution in [2.24, 2.45) is 0 Å². The number of carbonyl (C=O) groups is 1. The molecule has 0 unspecified atom stereocenters. The number of hydrogen-bond acceptors (Lipinski definition) is 3. The molecule has 0 aliphatic carbocycles. The second-order valence-electron chi connectivity index (χ2n) is 4.66. The van der Waals surface area contributed by atoms with E-state index in [4.69, 9.17) is 23.2 Å². The van der Waals surface area contributed by atoms with Crippen LogP contribution in [0, 0.1) is 0 Å². The van der Waals surface area contributed by atoms with Gasteiger partial charge in [-0.05, 0) is 49.4 Å². The van der Waals surface area contributed by atoms with Crippen molar-refractivity contribution in [2.45, 2.75) is 6.92 Å². The molecule has 0 fully saturated rings. The van der Waals surface area contributed by atoms with Crippen molar-refractivity contribution in [1.29, 1.82) is 0 Å². The predicted molar refractivity (Wildman–Crippen MR) is 93.9 cm³/mol. The van der Waals surface area contributed by atoms with Crippen molar-refractivity contribution in [3.8, 4) is 0 Å². The van der Waals surface area contributed by atoms with Crippen LogP contribution in [0.3, 0.4) is 0 Å². The molecular weight excluding hydrogens is 359 g/mol. The molecule has 0 aliphatic rings. The molecule has 122 valence electrons. The van der Waals surface area contributed by atoms with Crippen LogP contribution >= 0.6 is 23.2 Å². The van der Waals surface area contributed by atoms with E-state index in [0.717, 1.165) is 0 Å². The van der Waals surface area contributed by atoms with E-state index < -0.39 is 10.0 Å². The van der Waals surface area contributed by atoms with Crippen molar-refractivity contribution in [3.63, 3.8) is 0 Å². The number of hydrogen-bond donors (Lipinski definition) is 2. The molecule has 2 N–H and O–H groups in total. The quantitative estimate of drug-likeness (QED) is 0.832. The van der Waals surface area contributed by atoms with Gasteiger partial charge in [-0.1, -0.05) is 23.2 Å². The zero-order chi connectivity index (χ0) is 17.0. The number of carbonyl (C=O) groups excluding carboxylic acids is 1. The van der Waals surface area contributed by atoms with Crippen LogP contribution in [0.1, 0.15) is 17.3 Å². The predicted octanol–water partition coefficient (Wildman–Crippen LogP) is 4.01. The summed E-state index contributed by atoms with van der Waals surface area (Å²) >= 11 is 11.9. The summed E-state index contributed by atoms with van der Waals surface area (Å²) in [6, 6.07) is 10.8. The molecule has 2 aromatic carbocycles. The fourth-order valence-electron chi connectivity index (χ4n) is 1.73. The SMILES string of the molecule is CCS(=O)(=O)Nc1ccc(C(=O)Nc2cc(Cl)ccc2Cl)cc1. The lowest BCUT2D eigenvalue weighted by Crippen LogP contribution is -2.15. The molecule has 8 heteroatoms. The molecule has 0 spiro atoms. The zero-order valence-electron chi connectivity index (χ0n) is 12.1. The molecule has 5 nitrogen and oxygen atoms in total. The summed E-state index contributed by atoms with van der Waals surface area (Å²) in [6.07, 6.45) is 0. The average molecular weight is 373 g/mol. The third-order valence-corrected chi connectivity index (χ3v) is 4.85. The molecule has 2 aromatic rings. The Kier molecular flexibility index (Phi) is 5.51. The van der Waals surface area contributed by atoms with Gasteiger partial charge in [-0.15, -0.1) is 0 Å². The minimum absolute atomic E-state index is 0.0253. The number of rotatable bonds is 5. The maximum absolute atomic E-state index is 12.2. The van der Waals surface area contributed by atoms with E-state index in [1.165, 1.54) is 24.3 Å². The molecular formula is C15H14Cl2N2O3S. The Morgan fingerprint density at radius 1 is 1.09 bits per heavy atom. The minimum Gasteiger partial charge on any atom is -0.321 e. The van der Waals surface area contributed by atoms with Gasteiger partial charge in [0.15, 0.2) is 0 Å². The first-order valence-corrected chi connectivity index (χ1v) is 9.08. The smallest absolute Gasteiger partial charge is 0.255 e. The maximum Gasteiger partial charge on any atom is 0.255 e. The first-order chi connectivity index (χ1) is 10.8. The van der Waals surface area contributed by atoms with Crippen LogP contribution in [0.2, 0.25) is 10.0 Å². The molecule has 23 heavy (non-hydrogen) atoms. The summed E-state index contributed by atoms with van der Waals surface area (Å²) in [7, 11) is -3.35. The Morgan fingerprint density at radius 2 is 1.74 bits per heavy atom. The maximum atomic E-state index is 12.2. The van der Waals surface area contributed by atoms with Crippen LogP contribution in [0.25, 0.3) is 0 Å². The lowest BCUT2D eigenvalue weighted by atomic mass is 10.2. The first-order valence-electron chi connectivity index (χ1n) is 6.67. The molecule has 0 atom stereocenters. The van der Waals surface area contributed by atoms with Gasteiger partial charge in [-0.2, -0.15) is 0 Å². The Morgan fingerprint density at radius 3 is 2.35 bits per heavy atom. The van der Waals surface area contributed by atoms with Crippen LogP contribution in [-0.2, 0) is 10.0 Å². The lowest BCUT2D eigenvalue weighted by Gasteiger charge is -2.09. The van der Waals surface area contributed by atoms with E-state index in [9.17, 15) is 13.2 Å². The van der Waals surface area contributed by atoms with Gasteiger partial charge in [0.05, 0.1) is 16.5 Å². The summed E-state index contributed by atoms with van der Waals surface area (Å²) in [6.45, 7) is 1.54. The van der Waals surface area contributed by atoms with E-state index in [2.05, 4.69) is 10.0 Å². The van der Waals surface area contributed by atoms with Crippen molar-refractivity contribution in [1.82, 2.24) is 0 Å². The largest absolute Gasteiger partial charge is 0.321 e. The van der Waals surface area contributed by atoms with Crippen molar-refractivity contribution < 1.29 is 13.2 Å². The molecule has 0 bridgehead atoms. The van der Waals surface area contributed by atoms with Crippen LogP contribution in [-0.4, -0.2) is 20.1 Å². The summed E-state index contributed by atoms with van der Waals surface area (Å²) < 4.78 is 25.4. The highest BCUT2D eigenvalue weighted by Gasteiger charge is 2.11. The Hall–Kier alpha value is -1.76. The fraction of sp³-hybridized carbons (Fsp3) is 0.133. The third kappa shape index (κ3) is 4.86. The summed E-state index contributed by atoms with van der Waals surface area (Å²) in [4.78, 5) is 12.2. The highest BCUT2D eigenvalue weighted by atomic mass is 35.5. The second-order valence-corrected chi connectivity index (χ2v) is 7.52. The molecule has 0 aromatic heterocycles. The van der Waals surface area contributed by atoms with Gasteiger partial charge in [-0.25, -0.2) is 8.42 Å². The highest BCUT2D eigenvalue weighted by molar-refractivity contribution is 7.92. The molecule has 0 saturated heterocycles. The Bertz CT molecular complexity index is 821. The second kappa shape index (κ2) is 7.21. The number of nitrogens with one attached hydrogen (secondary N) is 2. The highest BCUT2D eigenvalue weighted by Crippen LogP contribution is 2.26. The molecule has 0 radical (unpaired) electrons. The fourth-order valence-corrected chi connectivity index (χ4v) is 2.71. The van der Waals surface area contributed by atoms with Crippen LogP contribution in [0.5, 0.6) is 0 Å². The summed E-state index contributed by atoms with van der Waals surface area (Å²) in [5, 5.41) is 3.48. The summed E-state index contributed by atoms with van der Waals surface area (Å²) in [5.41, 5.74) is 1.16. The topological polar surface area (TPSA) is 75.3 Å². The number of amides is 1. The molecule has 1 amide bonds. The van der Waals surface area contributed by atoms with Crippen LogP contribution in [0.4, 0.5) is 11.4 Å². The van der Waals surface area contributed by atoms with E-state index in [1.54, 1.807) is 25.1 Å². The third-order valence-electron chi connectivity index (χ3n) is 2.98. The first kappa shape index (κ1) is 17.6. The molecule has 0 aliphatic heterocycles. The van der Waals surface area contributed by atoms with Crippen LogP contribution < -0.4 is 10.0 Å². The zero-order valence-corrected chi connectivity index (χ0v) is 14.5. The standard InChI is InChI=1S/C15H14Cl2N2O3S/c1-2-23(21,22)19-12-6-3-10(4-7-12)15(20)18-14-9-11(16)5-8-13(14)17/h3-9,19H,2H2,1H3,(H,18,20). The lowest BCUT2D eigenvalue weighted by molar-refractivity contribution is 0.102. The van der Waals surface area contributed by atoms with Gasteiger partial charge in [-0.3, -0.25) is 9.52 Å². The van der Waals surface area contributed by atoms with Crippen LogP contribution in [0.15, 0.2) is 42.5 Å². The van der Waals surface area contributed by atoms with Crippen molar-refractivity contribution >= 4 is 50.5 Å². The minimum atomic E-state index is -3.35. The molecule has 0 heterocycles. The van der Waals surface area contributed by atoms with Gasteiger partial charge < -0.3 is 5.32 Å². The van der Waals surface area contributed by atoms with Crippen molar-refractivity contribution in [3.05, 3.63) is 58.1 Å². The van der Waals surface area contributed by atoms with Gasteiger partial charge in [0, 0.05) is 16.3 Å². The van der Waals surface area contributed by atoms with Crippen molar-refractivity contribution in [2.75, 3.05) is 15.8 Å². The number of anilines is 2. The Labute approximate surface area is 144 Å². The number of benzene rings is 2. The van der Waals surface area contributed by atoms with Gasteiger partial charge in [0.2, 0.25) is 10.0 Å². The van der Waals surface area contributed by atoms with E-state index in [1.807, 2.05) is 0 Å². The van der Waals surface area contributed by atoms with E-state index in [-0.39, 0.29) is 11.7 Å². The van der Waals surface area contributed by atoms with Gasteiger partial charge >= 0.3 is 0 Å². The molecule has 2 rings (SSSR count). The monoisotopic (exact) mass is 372 g/mol. The van der Waals surface area contributed by atoms with Gasteiger partial charge in [0.25, 0.3) is 5.91 Å². The van der Waals surface area contributed by atoms with Gasteiger partial charge in [0.1, 0.15) is 0 Å². The number of halogens is 2. The normalized spacial score (nSPS) is 11.1.